The quantitative estimate of drug-likeness (QED) is 0.813. The van der Waals surface area contributed by atoms with E-state index in [1.165, 1.54) is 0 Å². The molecule has 0 saturated carbocycles. The van der Waals surface area contributed by atoms with Crippen molar-refractivity contribution >= 4 is 11.9 Å². The molecule has 6 heteroatoms. The van der Waals surface area contributed by atoms with Crippen LogP contribution in [0.4, 0.5) is 4.79 Å². The van der Waals surface area contributed by atoms with Crippen molar-refractivity contribution in [2.24, 2.45) is 17.8 Å². The van der Waals surface area contributed by atoms with E-state index in [1.807, 2.05) is 13.8 Å². The maximum atomic E-state index is 12.7. The third kappa shape index (κ3) is 6.09. The maximum Gasteiger partial charge on any atom is 0.317 e. The monoisotopic (exact) mass is 322 g/mol. The molecule has 0 aromatic heterocycles. The molecule has 0 spiro atoms. The van der Waals surface area contributed by atoms with Crippen LogP contribution < -0.4 is 5.32 Å². The molecule has 1 aliphatic rings. The van der Waals surface area contributed by atoms with Gasteiger partial charge in [-0.2, -0.15) is 5.26 Å². The predicted molar refractivity (Wildman–Crippen MR) is 89.6 cm³/mol. The lowest BCUT2D eigenvalue weighted by Gasteiger charge is -2.35. The van der Waals surface area contributed by atoms with Gasteiger partial charge in [0.2, 0.25) is 5.91 Å². The van der Waals surface area contributed by atoms with Crippen LogP contribution in [0.1, 0.15) is 40.5 Å². The molecule has 2 unspecified atom stereocenters. The summed E-state index contributed by atoms with van der Waals surface area (Å²) in [5, 5.41) is 11.9. The number of hydrogen-bond acceptors (Lipinski definition) is 3. The van der Waals surface area contributed by atoms with Gasteiger partial charge in [0, 0.05) is 32.7 Å². The Morgan fingerprint density at radius 3 is 2.65 bits per heavy atom. The van der Waals surface area contributed by atoms with Crippen LogP contribution >= 0.6 is 0 Å². The number of carbonyl (C=O) groups excluding carboxylic acids is 2. The Bertz CT molecular complexity index is 444. The molecule has 0 radical (unpaired) electrons. The van der Waals surface area contributed by atoms with Gasteiger partial charge in [-0.05, 0) is 32.6 Å². The Hall–Kier alpha value is -1.77. The summed E-state index contributed by atoms with van der Waals surface area (Å²) in [4.78, 5) is 28.3. The molecule has 0 aromatic rings. The fourth-order valence-corrected chi connectivity index (χ4v) is 2.77. The van der Waals surface area contributed by atoms with Crippen molar-refractivity contribution in [3.63, 3.8) is 0 Å². The first-order valence-corrected chi connectivity index (χ1v) is 8.60. The Kier molecular flexibility index (Phi) is 7.87. The number of nitriles is 1. The van der Waals surface area contributed by atoms with Crippen LogP contribution in [0.2, 0.25) is 0 Å². The van der Waals surface area contributed by atoms with Gasteiger partial charge in [0.05, 0.1) is 17.9 Å². The fourth-order valence-electron chi connectivity index (χ4n) is 2.77. The Balaban J connectivity index is 2.60. The number of piperidine rings is 1. The highest BCUT2D eigenvalue weighted by molar-refractivity contribution is 5.81. The zero-order valence-corrected chi connectivity index (χ0v) is 14.8. The van der Waals surface area contributed by atoms with Gasteiger partial charge < -0.3 is 15.1 Å². The zero-order valence-electron chi connectivity index (χ0n) is 14.8. The van der Waals surface area contributed by atoms with Gasteiger partial charge in [-0.25, -0.2) is 4.79 Å². The van der Waals surface area contributed by atoms with E-state index < -0.39 is 0 Å². The minimum atomic E-state index is -0.173. The van der Waals surface area contributed by atoms with Gasteiger partial charge in [0.15, 0.2) is 0 Å². The first-order chi connectivity index (χ1) is 10.9. The Labute approximate surface area is 139 Å². The molecule has 6 nitrogen and oxygen atoms in total. The van der Waals surface area contributed by atoms with Crippen LogP contribution in [0.3, 0.4) is 0 Å². The van der Waals surface area contributed by atoms with E-state index in [1.54, 1.807) is 9.80 Å². The van der Waals surface area contributed by atoms with Crippen LogP contribution in [-0.2, 0) is 4.79 Å². The summed E-state index contributed by atoms with van der Waals surface area (Å²) in [6.45, 7) is 10.7. The van der Waals surface area contributed by atoms with Crippen molar-refractivity contribution in [2.45, 2.75) is 40.5 Å². The number of urea groups is 1. The number of nitrogens with zero attached hydrogens (tertiary/aromatic N) is 3. The van der Waals surface area contributed by atoms with Crippen molar-refractivity contribution in [3.05, 3.63) is 0 Å². The minimum absolute atomic E-state index is 0.0657. The molecule has 0 bridgehead atoms. The third-order valence-electron chi connectivity index (χ3n) is 4.13. The lowest BCUT2D eigenvalue weighted by Crippen LogP contribution is -2.50. The van der Waals surface area contributed by atoms with Crippen LogP contribution in [0.25, 0.3) is 0 Å². The third-order valence-corrected chi connectivity index (χ3v) is 4.13. The standard InChI is InChI=1S/C17H30N4O2/c1-5-20(11-14(4)9-18)16(22)15-7-6-8-21(12-15)17(23)19-10-13(2)3/h13-15H,5-8,10-12H2,1-4H3,(H,19,23). The van der Waals surface area contributed by atoms with Crippen LogP contribution in [0, 0.1) is 29.1 Å². The van der Waals surface area contributed by atoms with Crippen molar-refractivity contribution < 1.29 is 9.59 Å². The summed E-state index contributed by atoms with van der Waals surface area (Å²) in [5.41, 5.74) is 0. The van der Waals surface area contributed by atoms with Gasteiger partial charge >= 0.3 is 6.03 Å². The maximum absolute atomic E-state index is 12.7. The van der Waals surface area contributed by atoms with E-state index in [4.69, 9.17) is 5.26 Å². The van der Waals surface area contributed by atoms with Gasteiger partial charge in [-0.3, -0.25) is 4.79 Å². The zero-order chi connectivity index (χ0) is 17.4. The highest BCUT2D eigenvalue weighted by Crippen LogP contribution is 2.19. The van der Waals surface area contributed by atoms with Crippen LogP contribution in [0.5, 0.6) is 0 Å². The molecule has 1 fully saturated rings. The average molecular weight is 322 g/mol. The van der Waals surface area contributed by atoms with Gasteiger partial charge in [-0.1, -0.05) is 13.8 Å². The van der Waals surface area contributed by atoms with E-state index in [2.05, 4.69) is 25.2 Å². The molecule has 1 rings (SSSR count). The predicted octanol–water partition coefficient (Wildman–Crippen LogP) is 2.07. The van der Waals surface area contributed by atoms with Gasteiger partial charge in [0.1, 0.15) is 0 Å². The largest absolute Gasteiger partial charge is 0.341 e. The molecule has 2 atom stereocenters. The van der Waals surface area contributed by atoms with E-state index in [9.17, 15) is 9.59 Å². The number of nitrogens with one attached hydrogen (secondary N) is 1. The lowest BCUT2D eigenvalue weighted by atomic mass is 9.96. The minimum Gasteiger partial charge on any atom is -0.341 e. The molecule has 1 aliphatic heterocycles. The van der Waals surface area contributed by atoms with E-state index in [-0.39, 0.29) is 23.8 Å². The van der Waals surface area contributed by atoms with Crippen LogP contribution in [-0.4, -0.2) is 54.5 Å². The highest BCUT2D eigenvalue weighted by atomic mass is 16.2. The summed E-state index contributed by atoms with van der Waals surface area (Å²) in [6, 6.07) is 2.09. The molecule has 23 heavy (non-hydrogen) atoms. The van der Waals surface area contributed by atoms with Crippen LogP contribution in [0.15, 0.2) is 0 Å². The molecule has 1 N–H and O–H groups in total. The molecule has 0 aromatic carbocycles. The van der Waals surface area contributed by atoms with Crippen molar-refractivity contribution in [3.8, 4) is 6.07 Å². The Morgan fingerprint density at radius 1 is 1.39 bits per heavy atom. The second-order valence-corrected chi connectivity index (χ2v) is 6.77. The molecular weight excluding hydrogens is 292 g/mol. The lowest BCUT2D eigenvalue weighted by molar-refractivity contribution is -0.137. The topological polar surface area (TPSA) is 76.4 Å². The van der Waals surface area contributed by atoms with E-state index in [0.29, 0.717) is 38.6 Å². The summed E-state index contributed by atoms with van der Waals surface area (Å²) in [6.07, 6.45) is 1.65. The Morgan fingerprint density at radius 2 is 2.09 bits per heavy atom. The second kappa shape index (κ2) is 9.39. The molecular formula is C17H30N4O2. The molecule has 1 saturated heterocycles. The summed E-state index contributed by atoms with van der Waals surface area (Å²) < 4.78 is 0. The van der Waals surface area contributed by atoms with E-state index in [0.717, 1.165) is 12.8 Å². The average Bonchev–Trinajstić information content (AvgIpc) is 2.56. The van der Waals surface area contributed by atoms with E-state index >= 15 is 0 Å². The molecule has 130 valence electrons. The number of hydrogen-bond donors (Lipinski definition) is 1. The van der Waals surface area contributed by atoms with Gasteiger partial charge in [-0.15, -0.1) is 0 Å². The number of likely N-dealkylation sites (tertiary alicyclic amines) is 1. The summed E-state index contributed by atoms with van der Waals surface area (Å²) in [5.74, 6) is 0.146. The highest BCUT2D eigenvalue weighted by Gasteiger charge is 2.31. The van der Waals surface area contributed by atoms with Crippen molar-refractivity contribution in [1.82, 2.24) is 15.1 Å². The molecule has 3 amide bonds. The number of carbonyl (C=O) groups is 2. The van der Waals surface area contributed by atoms with Gasteiger partial charge in [0.25, 0.3) is 0 Å². The summed E-state index contributed by atoms with van der Waals surface area (Å²) >= 11 is 0. The smallest absolute Gasteiger partial charge is 0.317 e. The summed E-state index contributed by atoms with van der Waals surface area (Å²) in [7, 11) is 0. The fraction of sp³-hybridized carbons (Fsp3) is 0.824. The first kappa shape index (κ1) is 19.3. The second-order valence-electron chi connectivity index (χ2n) is 6.77. The van der Waals surface area contributed by atoms with Crippen molar-refractivity contribution in [2.75, 3.05) is 32.7 Å². The molecule has 0 aliphatic carbocycles. The number of amides is 3. The number of rotatable bonds is 6. The molecule has 1 heterocycles. The first-order valence-electron chi connectivity index (χ1n) is 8.60. The normalized spacial score (nSPS) is 19.1. The SMILES string of the molecule is CCN(CC(C)C#N)C(=O)C1CCCN(C(=O)NCC(C)C)C1. The van der Waals surface area contributed by atoms with Crippen molar-refractivity contribution in [1.29, 1.82) is 5.26 Å².